The maximum absolute atomic E-state index is 12.7. The maximum atomic E-state index is 12.7. The molecule has 216 valence electrons. The van der Waals surface area contributed by atoms with Crippen molar-refractivity contribution in [3.63, 3.8) is 0 Å². The first-order valence-corrected chi connectivity index (χ1v) is 15.0. The monoisotopic (exact) mass is 590 g/mol. The van der Waals surface area contributed by atoms with Crippen LogP contribution in [0.5, 0.6) is 11.5 Å². The van der Waals surface area contributed by atoms with Gasteiger partial charge in [-0.25, -0.2) is 4.79 Å². The fourth-order valence-electron chi connectivity index (χ4n) is 4.18. The van der Waals surface area contributed by atoms with E-state index in [0.717, 1.165) is 56.1 Å². The number of methoxy groups -OCH3 is 1. The summed E-state index contributed by atoms with van der Waals surface area (Å²) in [5, 5.41) is 0.653. The van der Waals surface area contributed by atoms with Gasteiger partial charge < -0.3 is 19.1 Å². The number of para-hydroxylation sites is 3. The van der Waals surface area contributed by atoms with Crippen molar-refractivity contribution in [1.82, 2.24) is 4.90 Å². The first-order valence-electron chi connectivity index (χ1n) is 12.8. The molecule has 0 atom stereocenters. The van der Waals surface area contributed by atoms with E-state index >= 15 is 0 Å². The Hall–Kier alpha value is -3.31. The second-order valence-corrected chi connectivity index (χ2v) is 11.0. The Morgan fingerprint density at radius 1 is 0.950 bits per heavy atom. The van der Waals surface area contributed by atoms with Gasteiger partial charge in [0, 0.05) is 37.7 Å². The number of hydrogen-bond acceptors (Lipinski definition) is 8. The largest absolute Gasteiger partial charge is 0.495 e. The number of ether oxygens (including phenoxy) is 3. The van der Waals surface area contributed by atoms with Crippen molar-refractivity contribution in [3.05, 3.63) is 88.9 Å². The van der Waals surface area contributed by atoms with E-state index in [-0.39, 0.29) is 5.97 Å². The van der Waals surface area contributed by atoms with E-state index in [1.165, 1.54) is 0 Å². The van der Waals surface area contributed by atoms with Gasteiger partial charge in [0.25, 0.3) is 10.1 Å². The number of nitrogens with zero attached hydrogens (tertiary/aromatic N) is 2. The van der Waals surface area contributed by atoms with Crippen molar-refractivity contribution in [3.8, 4) is 11.5 Å². The molecule has 1 aliphatic rings. The molecule has 0 amide bonds. The standard InChI is InChI=1S/C28H31ClN2O4.CH4O3S/c1-33-27-13-5-3-11-25(27)31-17-15-30(16-18-31)14-7-19-34-28(32)24-10-2-4-12-26(24)35-21-22-8-6-9-23(29)20-22;1-5(2,3)4/h2-6,8-13,20H,7,14-19,21H2,1H3;1H3,(H,2,3,4). The molecule has 1 saturated heterocycles. The van der Waals surface area contributed by atoms with E-state index in [9.17, 15) is 13.2 Å². The van der Waals surface area contributed by atoms with E-state index in [0.29, 0.717) is 35.8 Å². The summed E-state index contributed by atoms with van der Waals surface area (Å²) in [6.07, 6.45) is 1.50. The number of piperazine rings is 1. The van der Waals surface area contributed by atoms with Gasteiger partial charge in [0.15, 0.2) is 0 Å². The Morgan fingerprint density at radius 2 is 1.60 bits per heavy atom. The molecule has 4 rings (SSSR count). The molecule has 0 aliphatic carbocycles. The van der Waals surface area contributed by atoms with Crippen LogP contribution in [0.3, 0.4) is 0 Å². The van der Waals surface area contributed by atoms with Gasteiger partial charge in [0.05, 0.1) is 25.7 Å². The predicted octanol–water partition coefficient (Wildman–Crippen LogP) is 4.80. The lowest BCUT2D eigenvalue weighted by Crippen LogP contribution is -2.46. The molecule has 1 N–H and O–H groups in total. The third kappa shape index (κ3) is 10.7. The van der Waals surface area contributed by atoms with Crippen LogP contribution in [0.1, 0.15) is 22.3 Å². The molecular weight excluding hydrogens is 556 g/mol. The topological polar surface area (TPSA) is 106 Å². The molecule has 0 bridgehead atoms. The lowest BCUT2D eigenvalue weighted by molar-refractivity contribution is 0.0482. The van der Waals surface area contributed by atoms with Gasteiger partial charge in [0.2, 0.25) is 0 Å². The summed E-state index contributed by atoms with van der Waals surface area (Å²) in [5.74, 6) is 1.04. The van der Waals surface area contributed by atoms with Crippen LogP contribution >= 0.6 is 11.6 Å². The number of anilines is 1. The number of benzene rings is 3. The zero-order valence-corrected chi connectivity index (χ0v) is 24.2. The Morgan fingerprint density at radius 3 is 2.27 bits per heavy atom. The molecule has 0 radical (unpaired) electrons. The van der Waals surface area contributed by atoms with Gasteiger partial charge in [-0.1, -0.05) is 48.0 Å². The Balaban J connectivity index is 0.000000810. The molecule has 0 unspecified atom stereocenters. The molecule has 0 aromatic heterocycles. The van der Waals surface area contributed by atoms with Crippen LogP contribution in [0.25, 0.3) is 0 Å². The smallest absolute Gasteiger partial charge is 0.341 e. The fourth-order valence-corrected chi connectivity index (χ4v) is 4.40. The van der Waals surface area contributed by atoms with Crippen LogP contribution in [-0.4, -0.2) is 76.5 Å². The van der Waals surface area contributed by atoms with Gasteiger partial charge >= 0.3 is 5.97 Å². The number of halogens is 1. The van der Waals surface area contributed by atoms with E-state index < -0.39 is 10.1 Å². The molecule has 11 heteroatoms. The third-order valence-electron chi connectivity index (χ3n) is 6.04. The van der Waals surface area contributed by atoms with Crippen molar-refractivity contribution < 1.29 is 32.0 Å². The van der Waals surface area contributed by atoms with Crippen molar-refractivity contribution in [1.29, 1.82) is 0 Å². The molecule has 3 aromatic rings. The quantitative estimate of drug-likeness (QED) is 0.202. The minimum atomic E-state index is -3.67. The average molecular weight is 591 g/mol. The number of carbonyl (C=O) groups excluding carboxylic acids is 1. The molecule has 1 aliphatic heterocycles. The van der Waals surface area contributed by atoms with Crippen LogP contribution < -0.4 is 14.4 Å². The molecule has 1 fully saturated rings. The highest BCUT2D eigenvalue weighted by Gasteiger charge is 2.19. The minimum absolute atomic E-state index is 0.325. The van der Waals surface area contributed by atoms with Crippen molar-refractivity contribution in [2.45, 2.75) is 13.0 Å². The number of esters is 1. The van der Waals surface area contributed by atoms with Crippen LogP contribution in [0, 0.1) is 0 Å². The van der Waals surface area contributed by atoms with Crippen molar-refractivity contribution >= 4 is 33.4 Å². The first kappa shape index (κ1) is 31.2. The summed E-state index contributed by atoms with van der Waals surface area (Å²) in [5.41, 5.74) is 2.51. The van der Waals surface area contributed by atoms with Gasteiger partial charge in [-0.05, 0) is 48.4 Å². The molecule has 40 heavy (non-hydrogen) atoms. The number of hydrogen-bond donors (Lipinski definition) is 1. The summed E-state index contributed by atoms with van der Waals surface area (Å²) in [6.45, 7) is 5.40. The maximum Gasteiger partial charge on any atom is 0.341 e. The molecule has 9 nitrogen and oxygen atoms in total. The van der Waals surface area contributed by atoms with E-state index in [1.807, 2.05) is 54.6 Å². The highest BCUT2D eigenvalue weighted by molar-refractivity contribution is 7.85. The SMILES string of the molecule is COc1ccccc1N1CCN(CCCOC(=O)c2ccccc2OCc2cccc(Cl)c2)CC1.CS(=O)(=O)O. The number of carbonyl (C=O) groups is 1. The summed E-state index contributed by atoms with van der Waals surface area (Å²) in [4.78, 5) is 17.4. The zero-order valence-electron chi connectivity index (χ0n) is 22.7. The molecule has 3 aromatic carbocycles. The van der Waals surface area contributed by atoms with Crippen molar-refractivity contribution in [2.75, 3.05) is 57.6 Å². The molecule has 1 heterocycles. The van der Waals surface area contributed by atoms with Crippen molar-refractivity contribution in [2.24, 2.45) is 0 Å². The van der Waals surface area contributed by atoms with E-state index in [1.54, 1.807) is 19.2 Å². The number of rotatable bonds is 10. The zero-order chi connectivity index (χ0) is 29.0. The third-order valence-corrected chi connectivity index (χ3v) is 6.28. The highest BCUT2D eigenvalue weighted by Crippen LogP contribution is 2.28. The first-order chi connectivity index (χ1) is 19.1. The van der Waals surface area contributed by atoms with Crippen LogP contribution in [0.4, 0.5) is 5.69 Å². The lowest BCUT2D eigenvalue weighted by Gasteiger charge is -2.36. The lowest BCUT2D eigenvalue weighted by atomic mass is 10.2. The van der Waals surface area contributed by atoms with Gasteiger partial charge in [-0.15, -0.1) is 0 Å². The van der Waals surface area contributed by atoms with Crippen LogP contribution in [-0.2, 0) is 21.5 Å². The van der Waals surface area contributed by atoms with Gasteiger partial charge in [-0.3, -0.25) is 9.45 Å². The highest BCUT2D eigenvalue weighted by atomic mass is 35.5. The normalized spacial score (nSPS) is 13.7. The Kier molecular flexibility index (Phi) is 12.1. The summed E-state index contributed by atoms with van der Waals surface area (Å²) < 4.78 is 42.8. The van der Waals surface area contributed by atoms with Crippen LogP contribution in [0.15, 0.2) is 72.8 Å². The second kappa shape index (κ2) is 15.5. The van der Waals surface area contributed by atoms with Gasteiger partial charge in [0.1, 0.15) is 23.7 Å². The Bertz CT molecular complexity index is 1340. The summed E-state index contributed by atoms with van der Waals surface area (Å²) in [6, 6.07) is 22.8. The van der Waals surface area contributed by atoms with Crippen LogP contribution in [0.2, 0.25) is 5.02 Å². The fraction of sp³-hybridized carbons (Fsp3) is 0.345. The molecular formula is C29H35ClN2O7S. The second-order valence-electron chi connectivity index (χ2n) is 9.14. The Labute approximate surface area is 241 Å². The van der Waals surface area contributed by atoms with E-state index in [4.69, 9.17) is 30.4 Å². The molecule has 0 saturated carbocycles. The molecule has 0 spiro atoms. The minimum Gasteiger partial charge on any atom is -0.495 e. The van der Waals surface area contributed by atoms with Gasteiger partial charge in [-0.2, -0.15) is 8.42 Å². The predicted molar refractivity (Wildman–Crippen MR) is 156 cm³/mol. The summed E-state index contributed by atoms with van der Waals surface area (Å²) >= 11 is 6.04. The van der Waals surface area contributed by atoms with E-state index in [2.05, 4.69) is 15.9 Å². The average Bonchev–Trinajstić information content (AvgIpc) is 2.94. The summed E-state index contributed by atoms with van der Waals surface area (Å²) in [7, 11) is -1.96.